The lowest BCUT2D eigenvalue weighted by molar-refractivity contribution is -0.131. The summed E-state index contributed by atoms with van der Waals surface area (Å²) < 4.78 is 10.9. The first kappa shape index (κ1) is 23.7. The van der Waals surface area contributed by atoms with Crippen molar-refractivity contribution in [1.29, 1.82) is 0 Å². The lowest BCUT2D eigenvalue weighted by atomic mass is 10.1. The summed E-state index contributed by atoms with van der Waals surface area (Å²) in [5.41, 5.74) is 2.07. The van der Waals surface area contributed by atoms with E-state index in [1.165, 1.54) is 0 Å². The molecular formula is C24H34N2O4. The van der Waals surface area contributed by atoms with Gasteiger partial charge in [-0.25, -0.2) is 0 Å². The molecule has 1 aromatic heterocycles. The van der Waals surface area contributed by atoms with Gasteiger partial charge in [0, 0.05) is 32.5 Å². The van der Waals surface area contributed by atoms with E-state index in [0.717, 1.165) is 42.8 Å². The number of nitrogens with zero attached hydrogens (tertiary/aromatic N) is 1. The van der Waals surface area contributed by atoms with Crippen LogP contribution in [0.2, 0.25) is 0 Å². The average Bonchev–Trinajstić information content (AvgIpc) is 3.26. The molecule has 0 aliphatic rings. The molecule has 2 rings (SSSR count). The van der Waals surface area contributed by atoms with Gasteiger partial charge in [0.1, 0.15) is 12.4 Å². The Balaban J connectivity index is 1.67. The minimum absolute atomic E-state index is 0.0280. The lowest BCUT2D eigenvalue weighted by Crippen LogP contribution is -2.32. The van der Waals surface area contributed by atoms with Crippen LogP contribution in [0.5, 0.6) is 0 Å². The Morgan fingerprint density at radius 1 is 1.00 bits per heavy atom. The largest absolute Gasteiger partial charge is 0.467 e. The first-order chi connectivity index (χ1) is 14.6. The van der Waals surface area contributed by atoms with Crippen LogP contribution in [0.1, 0.15) is 62.8 Å². The summed E-state index contributed by atoms with van der Waals surface area (Å²) in [5.74, 6) is 0.915. The van der Waals surface area contributed by atoms with E-state index in [-0.39, 0.29) is 11.8 Å². The Morgan fingerprint density at radius 3 is 2.47 bits per heavy atom. The van der Waals surface area contributed by atoms with E-state index in [0.29, 0.717) is 39.0 Å². The normalized spacial score (nSPS) is 10.7. The molecule has 0 bridgehead atoms. The number of rotatable bonds is 14. The van der Waals surface area contributed by atoms with Crippen molar-refractivity contribution < 1.29 is 18.7 Å². The van der Waals surface area contributed by atoms with Gasteiger partial charge in [-0.2, -0.15) is 0 Å². The molecule has 1 aromatic carbocycles. The Morgan fingerprint density at radius 2 is 1.77 bits per heavy atom. The Kier molecular flexibility index (Phi) is 10.7. The molecule has 0 saturated carbocycles. The third kappa shape index (κ3) is 8.82. The van der Waals surface area contributed by atoms with Gasteiger partial charge >= 0.3 is 0 Å². The molecule has 0 aliphatic heterocycles. The maximum absolute atomic E-state index is 12.3. The standard InChI is InChI=1S/C24H34N2O4/c1-3-13-26(14-4-2)24(28)12-6-11-23(27)25-17-20-8-5-9-21(16-20)18-29-19-22-10-7-15-30-22/h5,7-10,15-16H,3-4,6,11-14,17-19H2,1-2H3,(H,25,27). The fourth-order valence-electron chi connectivity index (χ4n) is 3.24. The summed E-state index contributed by atoms with van der Waals surface area (Å²) >= 11 is 0. The predicted octanol–water partition coefficient (Wildman–Crippen LogP) is 4.43. The summed E-state index contributed by atoms with van der Waals surface area (Å²) in [5, 5.41) is 2.94. The highest BCUT2D eigenvalue weighted by Gasteiger charge is 2.12. The number of hydrogen-bond acceptors (Lipinski definition) is 4. The van der Waals surface area contributed by atoms with Crippen LogP contribution in [0, 0.1) is 0 Å². The van der Waals surface area contributed by atoms with Gasteiger partial charge in [0.05, 0.1) is 12.9 Å². The van der Waals surface area contributed by atoms with Crippen molar-refractivity contribution in [2.75, 3.05) is 13.1 Å². The van der Waals surface area contributed by atoms with Crippen molar-refractivity contribution in [2.45, 2.75) is 65.7 Å². The van der Waals surface area contributed by atoms with Crippen molar-refractivity contribution in [2.24, 2.45) is 0 Å². The van der Waals surface area contributed by atoms with Gasteiger partial charge in [0.25, 0.3) is 0 Å². The van der Waals surface area contributed by atoms with E-state index in [1.54, 1.807) is 6.26 Å². The molecule has 0 spiro atoms. The van der Waals surface area contributed by atoms with Crippen LogP contribution in [0.3, 0.4) is 0 Å². The molecule has 6 nitrogen and oxygen atoms in total. The summed E-state index contributed by atoms with van der Waals surface area (Å²) in [6.07, 6.45) is 4.91. The number of carbonyl (C=O) groups is 2. The van der Waals surface area contributed by atoms with Gasteiger partial charge in [-0.15, -0.1) is 0 Å². The summed E-state index contributed by atoms with van der Waals surface area (Å²) in [6, 6.07) is 11.7. The zero-order valence-corrected chi connectivity index (χ0v) is 18.2. The highest BCUT2D eigenvalue weighted by molar-refractivity contribution is 5.79. The number of nitrogens with one attached hydrogen (secondary N) is 1. The van der Waals surface area contributed by atoms with Gasteiger partial charge in [0.2, 0.25) is 11.8 Å². The second kappa shape index (κ2) is 13.6. The number of hydrogen-bond donors (Lipinski definition) is 1. The van der Waals surface area contributed by atoms with Gasteiger partial charge < -0.3 is 19.4 Å². The van der Waals surface area contributed by atoms with Crippen LogP contribution in [-0.2, 0) is 34.1 Å². The quantitative estimate of drug-likeness (QED) is 0.496. The molecule has 0 atom stereocenters. The van der Waals surface area contributed by atoms with Crippen LogP contribution in [-0.4, -0.2) is 29.8 Å². The molecule has 1 N–H and O–H groups in total. The average molecular weight is 415 g/mol. The van der Waals surface area contributed by atoms with E-state index in [4.69, 9.17) is 9.15 Å². The van der Waals surface area contributed by atoms with Gasteiger partial charge in [-0.1, -0.05) is 38.1 Å². The third-order valence-corrected chi connectivity index (χ3v) is 4.71. The van der Waals surface area contributed by atoms with Gasteiger partial charge in [-0.3, -0.25) is 9.59 Å². The summed E-state index contributed by atoms with van der Waals surface area (Å²) in [7, 11) is 0. The molecule has 0 saturated heterocycles. The van der Waals surface area contributed by atoms with Crippen LogP contribution in [0.4, 0.5) is 0 Å². The van der Waals surface area contributed by atoms with Crippen molar-refractivity contribution in [3.63, 3.8) is 0 Å². The molecular weight excluding hydrogens is 380 g/mol. The SMILES string of the molecule is CCCN(CCC)C(=O)CCCC(=O)NCc1cccc(COCc2ccco2)c1. The second-order valence-electron chi connectivity index (χ2n) is 7.40. The minimum Gasteiger partial charge on any atom is -0.467 e. The second-order valence-corrected chi connectivity index (χ2v) is 7.40. The first-order valence-electron chi connectivity index (χ1n) is 10.8. The van der Waals surface area contributed by atoms with E-state index in [2.05, 4.69) is 19.2 Å². The number of carbonyl (C=O) groups excluding carboxylic acids is 2. The van der Waals surface area contributed by atoms with Crippen LogP contribution in [0.25, 0.3) is 0 Å². The highest BCUT2D eigenvalue weighted by atomic mass is 16.5. The van der Waals surface area contributed by atoms with Gasteiger partial charge in [0.15, 0.2) is 0 Å². The third-order valence-electron chi connectivity index (χ3n) is 4.71. The molecule has 1 heterocycles. The molecule has 0 radical (unpaired) electrons. The van der Waals surface area contributed by atoms with E-state index < -0.39 is 0 Å². The molecule has 164 valence electrons. The molecule has 0 unspecified atom stereocenters. The Bertz CT molecular complexity index is 752. The zero-order chi connectivity index (χ0) is 21.6. The van der Waals surface area contributed by atoms with E-state index >= 15 is 0 Å². The van der Waals surface area contributed by atoms with E-state index in [1.807, 2.05) is 41.3 Å². The maximum Gasteiger partial charge on any atom is 0.222 e. The van der Waals surface area contributed by atoms with Crippen LogP contribution in [0.15, 0.2) is 47.1 Å². The number of ether oxygens (including phenoxy) is 1. The summed E-state index contributed by atoms with van der Waals surface area (Å²) in [6.45, 7) is 7.11. The van der Waals surface area contributed by atoms with Crippen LogP contribution < -0.4 is 5.32 Å². The fraction of sp³-hybridized carbons (Fsp3) is 0.500. The Labute approximate surface area is 179 Å². The predicted molar refractivity (Wildman–Crippen MR) is 117 cm³/mol. The minimum atomic E-state index is -0.0280. The molecule has 2 amide bonds. The molecule has 0 aliphatic carbocycles. The first-order valence-corrected chi connectivity index (χ1v) is 10.8. The van der Waals surface area contributed by atoms with Crippen molar-refractivity contribution >= 4 is 11.8 Å². The topological polar surface area (TPSA) is 71.8 Å². The number of amides is 2. The number of furan rings is 1. The van der Waals surface area contributed by atoms with E-state index in [9.17, 15) is 9.59 Å². The Hall–Kier alpha value is -2.60. The number of benzene rings is 1. The van der Waals surface area contributed by atoms with Gasteiger partial charge in [-0.05, 0) is 42.5 Å². The van der Waals surface area contributed by atoms with Crippen molar-refractivity contribution in [3.05, 3.63) is 59.5 Å². The van der Waals surface area contributed by atoms with Crippen molar-refractivity contribution in [1.82, 2.24) is 10.2 Å². The lowest BCUT2D eigenvalue weighted by Gasteiger charge is -2.21. The fourth-order valence-corrected chi connectivity index (χ4v) is 3.24. The molecule has 2 aromatic rings. The maximum atomic E-state index is 12.3. The highest BCUT2D eigenvalue weighted by Crippen LogP contribution is 2.10. The monoisotopic (exact) mass is 414 g/mol. The van der Waals surface area contributed by atoms with Crippen LogP contribution >= 0.6 is 0 Å². The molecule has 30 heavy (non-hydrogen) atoms. The molecule has 0 fully saturated rings. The van der Waals surface area contributed by atoms with Crippen molar-refractivity contribution in [3.8, 4) is 0 Å². The summed E-state index contributed by atoms with van der Waals surface area (Å²) in [4.78, 5) is 26.3. The smallest absolute Gasteiger partial charge is 0.222 e. The molecule has 6 heteroatoms. The zero-order valence-electron chi connectivity index (χ0n) is 18.2.